The molecule has 0 saturated carbocycles. The molecule has 0 bridgehead atoms. The lowest BCUT2D eigenvalue weighted by molar-refractivity contribution is -0.146. The van der Waals surface area contributed by atoms with Crippen LogP contribution in [-0.2, 0) is 4.79 Å². The Balaban J connectivity index is 1.45. The fourth-order valence-electron chi connectivity index (χ4n) is 3.91. The first-order valence-electron chi connectivity index (χ1n) is 10.0. The summed E-state index contributed by atoms with van der Waals surface area (Å²) in [6.45, 7) is 0.372. The summed E-state index contributed by atoms with van der Waals surface area (Å²) in [6.07, 6.45) is -3.49. The summed E-state index contributed by atoms with van der Waals surface area (Å²) in [5, 5.41) is 12.3. The zero-order chi connectivity index (χ0) is 22.9. The molecule has 2 fully saturated rings. The molecule has 2 amide bonds. The fourth-order valence-corrected chi connectivity index (χ4v) is 5.02. The molecule has 11 heteroatoms. The van der Waals surface area contributed by atoms with Crippen LogP contribution in [-0.4, -0.2) is 65.2 Å². The summed E-state index contributed by atoms with van der Waals surface area (Å²) in [6, 6.07) is 8.37. The highest BCUT2D eigenvalue weighted by atomic mass is 32.2. The monoisotopic (exact) mass is 463 g/mol. The van der Waals surface area contributed by atoms with Crippen LogP contribution in [0.5, 0.6) is 0 Å². The molecule has 3 heterocycles. The second kappa shape index (κ2) is 8.86. The van der Waals surface area contributed by atoms with Crippen molar-refractivity contribution in [3.63, 3.8) is 0 Å². The Bertz CT molecular complexity index is 1080. The summed E-state index contributed by atoms with van der Waals surface area (Å²) in [5.41, 5.74) is 1.62. The van der Waals surface area contributed by atoms with E-state index in [1.54, 1.807) is 18.2 Å². The predicted molar refractivity (Wildman–Crippen MR) is 114 cm³/mol. The number of hydrogen-bond acceptors (Lipinski definition) is 6. The summed E-state index contributed by atoms with van der Waals surface area (Å²) in [4.78, 5) is 32.7. The molecule has 7 nitrogen and oxygen atoms in total. The van der Waals surface area contributed by atoms with E-state index < -0.39 is 30.5 Å². The van der Waals surface area contributed by atoms with Crippen LogP contribution in [0.2, 0.25) is 0 Å². The average molecular weight is 463 g/mol. The summed E-state index contributed by atoms with van der Waals surface area (Å²) in [5.74, 6) is -0.255. The second-order valence-corrected chi connectivity index (χ2v) is 8.84. The van der Waals surface area contributed by atoms with Gasteiger partial charge in [-0.15, -0.1) is 11.8 Å². The van der Waals surface area contributed by atoms with E-state index in [9.17, 15) is 22.8 Å². The smallest absolute Gasteiger partial charge is 0.371 e. The lowest BCUT2D eigenvalue weighted by atomic mass is 9.95. The van der Waals surface area contributed by atoms with Crippen molar-refractivity contribution in [3.8, 4) is 6.07 Å². The molecule has 1 aromatic carbocycles. The molecule has 1 aromatic heterocycles. The number of amides is 2. The fraction of sp³-hybridized carbons (Fsp3) is 0.429. The van der Waals surface area contributed by atoms with Crippen LogP contribution in [0.1, 0.15) is 16.8 Å². The van der Waals surface area contributed by atoms with E-state index in [-0.39, 0.29) is 12.5 Å². The number of fused-ring (bicyclic) bond motifs is 1. The van der Waals surface area contributed by atoms with Crippen molar-refractivity contribution < 1.29 is 22.8 Å². The van der Waals surface area contributed by atoms with E-state index in [2.05, 4.69) is 16.4 Å². The van der Waals surface area contributed by atoms with Crippen LogP contribution in [0.3, 0.4) is 0 Å². The minimum Gasteiger partial charge on any atom is -0.371 e. The molecule has 4 rings (SSSR count). The number of rotatable bonds is 5. The van der Waals surface area contributed by atoms with Crippen molar-refractivity contribution in [1.82, 2.24) is 15.2 Å². The Morgan fingerprint density at radius 1 is 1.28 bits per heavy atom. The second-order valence-electron chi connectivity index (χ2n) is 7.84. The number of benzene rings is 1. The van der Waals surface area contributed by atoms with Crippen LogP contribution < -0.4 is 10.2 Å². The SMILES string of the molecule is N#CC1CSCN1C(=O)CNC(=O)c1ccnc2ccc(N3CC(CC(F)(F)F)C3)cc12. The molecule has 2 aromatic rings. The minimum atomic E-state index is -4.17. The Labute approximate surface area is 186 Å². The number of carbonyl (C=O) groups is 2. The van der Waals surface area contributed by atoms with Gasteiger partial charge in [-0.1, -0.05) is 0 Å². The largest absolute Gasteiger partial charge is 0.389 e. The van der Waals surface area contributed by atoms with E-state index in [0.29, 0.717) is 41.2 Å². The Morgan fingerprint density at radius 3 is 2.78 bits per heavy atom. The van der Waals surface area contributed by atoms with Crippen LogP contribution in [0.15, 0.2) is 30.5 Å². The van der Waals surface area contributed by atoms with Gasteiger partial charge in [0.1, 0.15) is 6.04 Å². The molecular weight excluding hydrogens is 443 g/mol. The molecule has 32 heavy (non-hydrogen) atoms. The van der Waals surface area contributed by atoms with Gasteiger partial charge >= 0.3 is 6.18 Å². The van der Waals surface area contributed by atoms with Gasteiger partial charge in [-0.05, 0) is 24.3 Å². The molecule has 2 aliphatic rings. The first kappa shape index (κ1) is 22.2. The third-order valence-corrected chi connectivity index (χ3v) is 6.58. The predicted octanol–water partition coefficient (Wildman–Crippen LogP) is 2.78. The number of halogens is 3. The zero-order valence-electron chi connectivity index (χ0n) is 16.9. The van der Waals surface area contributed by atoms with Crippen LogP contribution in [0, 0.1) is 17.2 Å². The summed E-state index contributed by atoms with van der Waals surface area (Å²) < 4.78 is 37.7. The number of thioether (sulfide) groups is 1. The zero-order valence-corrected chi connectivity index (χ0v) is 17.7. The third-order valence-electron chi connectivity index (χ3n) is 5.56. The van der Waals surface area contributed by atoms with Crippen LogP contribution in [0.25, 0.3) is 10.9 Å². The van der Waals surface area contributed by atoms with Crippen molar-refractivity contribution in [2.75, 3.05) is 36.2 Å². The Kier molecular flexibility index (Phi) is 6.15. The highest BCUT2D eigenvalue weighted by molar-refractivity contribution is 7.99. The molecule has 0 radical (unpaired) electrons. The van der Waals surface area contributed by atoms with Gasteiger partial charge in [0.05, 0.1) is 29.6 Å². The number of pyridine rings is 1. The van der Waals surface area contributed by atoms with Gasteiger partial charge in [0.15, 0.2) is 0 Å². The normalized spacial score (nSPS) is 19.0. The highest BCUT2D eigenvalue weighted by Crippen LogP contribution is 2.34. The molecule has 1 unspecified atom stereocenters. The van der Waals surface area contributed by atoms with Crippen molar-refractivity contribution in [3.05, 3.63) is 36.0 Å². The molecule has 0 spiro atoms. The van der Waals surface area contributed by atoms with E-state index in [1.807, 2.05) is 4.90 Å². The molecule has 2 aliphatic heterocycles. The van der Waals surface area contributed by atoms with Gasteiger partial charge < -0.3 is 15.1 Å². The Morgan fingerprint density at radius 2 is 2.06 bits per heavy atom. The van der Waals surface area contributed by atoms with Crippen LogP contribution in [0.4, 0.5) is 18.9 Å². The lowest BCUT2D eigenvalue weighted by Crippen LogP contribution is -2.48. The maximum atomic E-state index is 12.8. The summed E-state index contributed by atoms with van der Waals surface area (Å²) >= 11 is 1.49. The maximum Gasteiger partial charge on any atom is 0.389 e. The van der Waals surface area contributed by atoms with Gasteiger partial charge in [0.2, 0.25) is 5.91 Å². The number of anilines is 1. The van der Waals surface area contributed by atoms with E-state index >= 15 is 0 Å². The van der Waals surface area contributed by atoms with Crippen molar-refractivity contribution in [2.45, 2.75) is 18.6 Å². The summed E-state index contributed by atoms with van der Waals surface area (Å²) in [7, 11) is 0. The van der Waals surface area contributed by atoms with Crippen molar-refractivity contribution >= 4 is 40.2 Å². The number of aromatic nitrogens is 1. The molecule has 168 valence electrons. The van der Waals surface area contributed by atoms with Gasteiger partial charge in [-0.2, -0.15) is 18.4 Å². The minimum absolute atomic E-state index is 0.230. The van der Waals surface area contributed by atoms with Gasteiger partial charge in [-0.3, -0.25) is 14.6 Å². The average Bonchev–Trinajstić information content (AvgIpc) is 3.21. The highest BCUT2D eigenvalue weighted by Gasteiger charge is 2.38. The quantitative estimate of drug-likeness (QED) is 0.734. The standard InChI is InChI=1S/C21H20F3N5O2S/c22-21(23,24)6-13-9-28(10-13)14-1-2-18-17(5-14)16(3-4-26-18)20(31)27-8-19(30)29-12-32-11-15(29)7-25/h1-5,13,15H,6,8-12H2,(H,27,31). The number of nitrogens with one attached hydrogen (secondary N) is 1. The van der Waals surface area contributed by atoms with Crippen molar-refractivity contribution in [1.29, 1.82) is 5.26 Å². The molecular formula is C21H20F3N5O2S. The van der Waals surface area contributed by atoms with Gasteiger partial charge in [0.25, 0.3) is 5.91 Å². The first-order valence-corrected chi connectivity index (χ1v) is 11.2. The number of carbonyl (C=O) groups excluding carboxylic acids is 2. The first-order chi connectivity index (χ1) is 15.2. The maximum absolute atomic E-state index is 12.8. The third kappa shape index (κ3) is 4.75. The lowest BCUT2D eigenvalue weighted by Gasteiger charge is -2.41. The topological polar surface area (TPSA) is 89.3 Å². The van der Waals surface area contributed by atoms with Crippen molar-refractivity contribution in [2.24, 2.45) is 5.92 Å². The van der Waals surface area contributed by atoms with Crippen LogP contribution >= 0.6 is 11.8 Å². The van der Waals surface area contributed by atoms with Gasteiger partial charge in [-0.25, -0.2) is 0 Å². The molecule has 1 atom stereocenters. The molecule has 2 saturated heterocycles. The Hall–Kier alpha value is -3.00. The van der Waals surface area contributed by atoms with E-state index in [4.69, 9.17) is 5.26 Å². The number of alkyl halides is 3. The number of hydrogen-bond donors (Lipinski definition) is 1. The van der Waals surface area contributed by atoms with Gasteiger partial charge in [0, 0.05) is 48.5 Å². The van der Waals surface area contributed by atoms with E-state index in [0.717, 1.165) is 5.69 Å². The molecule has 0 aliphatic carbocycles. The van der Waals surface area contributed by atoms with E-state index in [1.165, 1.54) is 28.9 Å². The molecule has 1 N–H and O–H groups in total. The number of nitriles is 1. The number of nitrogens with zero attached hydrogens (tertiary/aromatic N) is 4.